The van der Waals surface area contributed by atoms with Crippen LogP contribution in [0.25, 0.3) is 11.0 Å². The lowest BCUT2D eigenvalue weighted by molar-refractivity contribution is 0.0988. The quantitative estimate of drug-likeness (QED) is 0.534. The normalized spacial score (nSPS) is 25.4. The molecule has 3 heterocycles. The number of fused-ring (bicyclic) bond motifs is 1. The molecule has 156 valence electrons. The summed E-state index contributed by atoms with van der Waals surface area (Å²) in [4.78, 5) is 23.6. The van der Waals surface area contributed by atoms with Gasteiger partial charge in [0.2, 0.25) is 0 Å². The molecule has 1 atom stereocenters. The summed E-state index contributed by atoms with van der Waals surface area (Å²) < 4.78 is 13.4. The molecule has 0 spiro atoms. The van der Waals surface area contributed by atoms with E-state index >= 15 is 0 Å². The van der Waals surface area contributed by atoms with E-state index in [1.807, 2.05) is 13.0 Å². The van der Waals surface area contributed by atoms with Crippen molar-refractivity contribution in [2.75, 3.05) is 25.0 Å². The van der Waals surface area contributed by atoms with Gasteiger partial charge in [-0.1, -0.05) is 18.5 Å². The van der Waals surface area contributed by atoms with Gasteiger partial charge in [0.15, 0.2) is 5.78 Å². The Morgan fingerprint density at radius 3 is 2.76 bits per heavy atom. The van der Waals surface area contributed by atoms with E-state index in [2.05, 4.69) is 20.2 Å². The Hall–Kier alpha value is -1.79. The first-order valence-electron chi connectivity index (χ1n) is 10.6. The van der Waals surface area contributed by atoms with Crippen LogP contribution in [0.15, 0.2) is 18.3 Å². The summed E-state index contributed by atoms with van der Waals surface area (Å²) in [6.07, 6.45) is 6.37. The number of carbonyl (C=O) groups excluding carboxylic acids is 1. The van der Waals surface area contributed by atoms with Crippen LogP contribution < -0.4 is 5.32 Å². The molecule has 2 fully saturated rings. The topological polar surface area (TPSA) is 58.1 Å². The molecular weight excluding hydrogens is 391 g/mol. The molecule has 0 radical (unpaired) electrons. The molecule has 1 aliphatic heterocycles. The summed E-state index contributed by atoms with van der Waals surface area (Å²) in [6.45, 7) is 4.34. The molecule has 1 saturated carbocycles. The molecule has 1 N–H and O–H groups in total. The summed E-state index contributed by atoms with van der Waals surface area (Å²) in [5, 5.41) is 3.99. The molecule has 0 bridgehead atoms. The number of alkyl halides is 1. The van der Waals surface area contributed by atoms with Crippen LogP contribution in [-0.2, 0) is 0 Å². The first-order valence-corrected chi connectivity index (χ1v) is 11.0. The fraction of sp³-hybridized carbons (Fsp3) is 0.591. The minimum absolute atomic E-state index is 0.0483. The average Bonchev–Trinajstić information content (AvgIpc) is 3.13. The molecule has 4 rings (SSSR count). The number of aromatic nitrogens is 2. The second-order valence-corrected chi connectivity index (χ2v) is 8.72. The van der Waals surface area contributed by atoms with Gasteiger partial charge in [-0.25, -0.2) is 9.37 Å². The van der Waals surface area contributed by atoms with Crippen LogP contribution in [0, 0.1) is 5.92 Å². The van der Waals surface area contributed by atoms with Crippen LogP contribution in [0.5, 0.6) is 0 Å². The number of ketones is 1. The lowest BCUT2D eigenvalue weighted by Gasteiger charge is -2.32. The van der Waals surface area contributed by atoms with Gasteiger partial charge in [0.25, 0.3) is 0 Å². The SMILES string of the molecule is CCC(=O)c1cnc2ccc(Cl)nc2c1NC1CCC(CN2CC[C@@H](F)C2)CC1. The summed E-state index contributed by atoms with van der Waals surface area (Å²) in [5.74, 6) is 0.670. The van der Waals surface area contributed by atoms with Gasteiger partial charge in [0, 0.05) is 38.3 Å². The Kier molecular flexibility index (Phi) is 6.30. The summed E-state index contributed by atoms with van der Waals surface area (Å²) in [6, 6.07) is 3.84. The standard InChI is InChI=1S/C22H28ClFN4O/c1-2-19(29)17-11-25-18-7-8-20(23)27-22(18)21(17)26-16-5-3-14(4-6-16)12-28-10-9-15(24)13-28/h7-8,11,14-16H,2-6,9-10,12-13H2,1H3,(H,25,26)/t14?,15-,16?/m1/s1. The van der Waals surface area contributed by atoms with Crippen LogP contribution in [-0.4, -0.2) is 52.5 Å². The van der Waals surface area contributed by atoms with E-state index in [1.165, 1.54) is 0 Å². The van der Waals surface area contributed by atoms with Crippen molar-refractivity contribution in [2.24, 2.45) is 5.92 Å². The van der Waals surface area contributed by atoms with Gasteiger partial charge >= 0.3 is 0 Å². The van der Waals surface area contributed by atoms with Crippen LogP contribution in [0.3, 0.4) is 0 Å². The molecule has 0 amide bonds. The maximum Gasteiger partial charge on any atom is 0.166 e. The van der Waals surface area contributed by atoms with E-state index in [9.17, 15) is 9.18 Å². The van der Waals surface area contributed by atoms with Crippen molar-refractivity contribution in [3.8, 4) is 0 Å². The van der Waals surface area contributed by atoms with Gasteiger partial charge in [-0.3, -0.25) is 9.78 Å². The second-order valence-electron chi connectivity index (χ2n) is 8.33. The molecule has 1 saturated heterocycles. The van der Waals surface area contributed by atoms with Crippen molar-refractivity contribution in [2.45, 2.75) is 57.7 Å². The Balaban J connectivity index is 1.47. The third kappa shape index (κ3) is 4.69. The molecule has 2 aliphatic rings. The average molecular weight is 419 g/mol. The highest BCUT2D eigenvalue weighted by molar-refractivity contribution is 6.30. The van der Waals surface area contributed by atoms with E-state index in [1.54, 1.807) is 12.3 Å². The zero-order valence-electron chi connectivity index (χ0n) is 16.8. The smallest absolute Gasteiger partial charge is 0.166 e. The van der Waals surface area contributed by atoms with Crippen LogP contribution in [0.4, 0.5) is 10.1 Å². The number of likely N-dealkylation sites (tertiary alicyclic amines) is 1. The van der Waals surface area contributed by atoms with Gasteiger partial charge in [-0.2, -0.15) is 0 Å². The van der Waals surface area contributed by atoms with E-state index in [0.29, 0.717) is 41.5 Å². The lowest BCUT2D eigenvalue weighted by atomic mass is 9.85. The fourth-order valence-electron chi connectivity index (χ4n) is 4.60. The van der Waals surface area contributed by atoms with E-state index < -0.39 is 6.17 Å². The zero-order chi connectivity index (χ0) is 20.4. The Labute approximate surface area is 176 Å². The van der Waals surface area contributed by atoms with Gasteiger partial charge < -0.3 is 10.2 Å². The van der Waals surface area contributed by atoms with Crippen molar-refractivity contribution < 1.29 is 9.18 Å². The van der Waals surface area contributed by atoms with Crippen molar-refractivity contribution in [3.63, 3.8) is 0 Å². The minimum atomic E-state index is -0.651. The second kappa shape index (κ2) is 8.92. The largest absolute Gasteiger partial charge is 0.380 e. The van der Waals surface area contributed by atoms with Gasteiger partial charge in [0.05, 0.1) is 16.8 Å². The molecule has 5 nitrogen and oxygen atoms in total. The number of pyridine rings is 2. The molecule has 2 aromatic rings. The maximum absolute atomic E-state index is 13.4. The molecule has 1 aliphatic carbocycles. The van der Waals surface area contributed by atoms with Gasteiger partial charge in [0.1, 0.15) is 16.8 Å². The third-order valence-corrected chi connectivity index (χ3v) is 6.44. The van der Waals surface area contributed by atoms with Crippen molar-refractivity contribution in [1.82, 2.24) is 14.9 Å². The molecular formula is C22H28ClFN4O. The van der Waals surface area contributed by atoms with Gasteiger partial charge in [-0.05, 0) is 50.2 Å². The summed E-state index contributed by atoms with van der Waals surface area (Å²) >= 11 is 6.13. The van der Waals surface area contributed by atoms with Crippen LogP contribution in [0.1, 0.15) is 55.8 Å². The Morgan fingerprint density at radius 2 is 2.07 bits per heavy atom. The monoisotopic (exact) mass is 418 g/mol. The number of hydrogen-bond donors (Lipinski definition) is 1. The predicted octanol–water partition coefficient (Wildman–Crippen LogP) is 4.89. The molecule has 7 heteroatoms. The van der Waals surface area contributed by atoms with Crippen LogP contribution in [0.2, 0.25) is 5.15 Å². The van der Waals surface area contributed by atoms with Crippen LogP contribution >= 0.6 is 11.6 Å². The highest BCUT2D eigenvalue weighted by atomic mass is 35.5. The summed E-state index contributed by atoms with van der Waals surface area (Å²) in [5.41, 5.74) is 2.73. The van der Waals surface area contributed by atoms with Crippen molar-refractivity contribution >= 4 is 34.1 Å². The van der Waals surface area contributed by atoms with Gasteiger partial charge in [-0.15, -0.1) is 0 Å². The number of halogens is 2. The highest BCUT2D eigenvalue weighted by Crippen LogP contribution is 2.32. The van der Waals surface area contributed by atoms with Crippen molar-refractivity contribution in [1.29, 1.82) is 0 Å². The molecule has 29 heavy (non-hydrogen) atoms. The highest BCUT2D eigenvalue weighted by Gasteiger charge is 2.28. The number of rotatable bonds is 6. The fourth-order valence-corrected chi connectivity index (χ4v) is 4.75. The molecule has 0 aromatic carbocycles. The number of hydrogen-bond acceptors (Lipinski definition) is 5. The summed E-state index contributed by atoms with van der Waals surface area (Å²) in [7, 11) is 0. The van der Waals surface area contributed by atoms with Crippen molar-refractivity contribution in [3.05, 3.63) is 29.0 Å². The minimum Gasteiger partial charge on any atom is -0.380 e. The maximum atomic E-state index is 13.4. The zero-order valence-corrected chi connectivity index (χ0v) is 17.6. The number of nitrogens with one attached hydrogen (secondary N) is 1. The first-order chi connectivity index (χ1) is 14.0. The number of Topliss-reactive ketones (excluding diaryl/α,β-unsaturated/α-hetero) is 1. The van der Waals surface area contributed by atoms with E-state index in [-0.39, 0.29) is 11.8 Å². The lowest BCUT2D eigenvalue weighted by Crippen LogP contribution is -2.33. The third-order valence-electron chi connectivity index (χ3n) is 6.23. The number of nitrogens with zero attached hydrogens (tertiary/aromatic N) is 3. The Bertz CT molecular complexity index is 884. The van der Waals surface area contributed by atoms with E-state index in [4.69, 9.17) is 11.6 Å². The number of anilines is 1. The molecule has 0 unspecified atom stereocenters. The predicted molar refractivity (Wildman–Crippen MR) is 114 cm³/mol. The van der Waals surface area contributed by atoms with E-state index in [0.717, 1.165) is 50.0 Å². The number of carbonyl (C=O) groups is 1. The molecule has 2 aromatic heterocycles. The first kappa shape index (κ1) is 20.5. The Morgan fingerprint density at radius 1 is 1.28 bits per heavy atom.